The fourth-order valence-corrected chi connectivity index (χ4v) is 3.05. The number of nitriles is 2. The Morgan fingerprint density at radius 3 is 1.33 bits per heavy atom. The maximum absolute atomic E-state index is 8.52. The zero-order chi connectivity index (χ0) is 16.8. The summed E-state index contributed by atoms with van der Waals surface area (Å²) < 4.78 is 9.61. The molecule has 2 aromatic carbocycles. The molecule has 0 saturated carbocycles. The van der Waals surface area contributed by atoms with E-state index in [9.17, 15) is 0 Å². The molecule has 0 N–H and O–H groups in total. The Kier molecular flexibility index (Phi) is 4.79. The minimum absolute atomic E-state index is 0.388. The molecule has 24 heavy (non-hydrogen) atoms. The Morgan fingerprint density at radius 2 is 1.04 bits per heavy atom. The Balaban J connectivity index is 1.67. The summed E-state index contributed by atoms with van der Waals surface area (Å²) in [6, 6.07) is 15.3. The van der Waals surface area contributed by atoms with Crippen LogP contribution in [0.25, 0.3) is 0 Å². The number of hydrogen-bond acceptors (Lipinski definition) is 4. The van der Waals surface area contributed by atoms with E-state index in [0.29, 0.717) is 23.3 Å². The van der Waals surface area contributed by atoms with Crippen LogP contribution in [0.1, 0.15) is 35.8 Å². The normalized spacial score (nSPS) is 19.1. The highest BCUT2D eigenvalue weighted by molar-refractivity contribution is 5.36. The van der Waals surface area contributed by atoms with Gasteiger partial charge in [-0.25, -0.2) is 0 Å². The molecule has 118 valence electrons. The predicted molar refractivity (Wildman–Crippen MR) is 89.2 cm³/mol. The molecule has 0 saturated heterocycles. The van der Waals surface area contributed by atoms with Gasteiger partial charge in [0.05, 0.1) is 0 Å². The first-order valence-electron chi connectivity index (χ1n) is 7.80. The monoisotopic (exact) mass is 316 g/mol. The first-order valence-corrected chi connectivity index (χ1v) is 7.80. The van der Waals surface area contributed by atoms with Gasteiger partial charge in [0.2, 0.25) is 0 Å². The summed E-state index contributed by atoms with van der Waals surface area (Å²) in [6.45, 7) is 0. The second-order valence-corrected chi connectivity index (χ2v) is 5.70. The van der Waals surface area contributed by atoms with Crippen molar-refractivity contribution in [3.05, 3.63) is 71.8 Å². The van der Waals surface area contributed by atoms with Crippen LogP contribution in [0.5, 0.6) is 11.5 Å². The summed E-state index contributed by atoms with van der Waals surface area (Å²) in [4.78, 5) is 0. The van der Waals surface area contributed by atoms with Crippen molar-refractivity contribution in [2.75, 3.05) is 0 Å². The average molecular weight is 316 g/mol. The molecule has 3 rings (SSSR count). The van der Waals surface area contributed by atoms with E-state index in [1.54, 1.807) is 12.5 Å². The summed E-state index contributed by atoms with van der Waals surface area (Å²) in [5.41, 5.74) is 2.46. The molecule has 0 amide bonds. The molecule has 0 aliphatic heterocycles. The molecule has 0 fully saturated rings. The summed E-state index contributed by atoms with van der Waals surface area (Å²) >= 11 is 0. The molecule has 2 atom stereocenters. The Morgan fingerprint density at radius 1 is 0.667 bits per heavy atom. The smallest absolute Gasteiger partial charge is 0.292 e. The molecular formula is C20H16N2O2. The molecule has 2 unspecified atom stereocenters. The van der Waals surface area contributed by atoms with Gasteiger partial charge in [-0.05, 0) is 48.2 Å². The second kappa shape index (κ2) is 7.35. The van der Waals surface area contributed by atoms with Crippen LogP contribution in [-0.2, 0) is 0 Å². The lowest BCUT2D eigenvalue weighted by Crippen LogP contribution is -2.06. The second-order valence-electron chi connectivity index (χ2n) is 5.70. The zero-order valence-corrected chi connectivity index (χ0v) is 13.1. The molecule has 0 heterocycles. The molecule has 0 aromatic heterocycles. The Hall–Kier alpha value is -3.24. The van der Waals surface area contributed by atoms with Gasteiger partial charge in [0, 0.05) is 11.8 Å². The van der Waals surface area contributed by atoms with Crippen molar-refractivity contribution in [3.63, 3.8) is 0 Å². The van der Waals surface area contributed by atoms with Crippen molar-refractivity contribution in [1.82, 2.24) is 0 Å². The fraction of sp³-hybridized carbons (Fsp3) is 0.200. The first-order chi connectivity index (χ1) is 11.8. The number of ether oxygens (including phenoxy) is 2. The number of allylic oxidation sites excluding steroid dienone is 2. The third kappa shape index (κ3) is 3.56. The van der Waals surface area contributed by atoms with E-state index < -0.39 is 0 Å². The number of hydrogen-bond donors (Lipinski definition) is 0. The predicted octanol–water partition coefficient (Wildman–Crippen LogP) is 4.62. The quantitative estimate of drug-likeness (QED) is 0.609. The largest absolute Gasteiger partial charge is 0.388 e. The van der Waals surface area contributed by atoms with Crippen LogP contribution >= 0.6 is 0 Å². The Labute approximate surface area is 141 Å². The van der Waals surface area contributed by atoms with Gasteiger partial charge in [0.15, 0.2) is 0 Å². The van der Waals surface area contributed by atoms with Gasteiger partial charge in [-0.15, -0.1) is 10.5 Å². The average Bonchev–Trinajstić information content (AvgIpc) is 2.64. The van der Waals surface area contributed by atoms with Gasteiger partial charge < -0.3 is 9.47 Å². The maximum atomic E-state index is 8.52. The first kappa shape index (κ1) is 15.6. The lowest BCUT2D eigenvalue weighted by molar-refractivity contribution is 0.505. The van der Waals surface area contributed by atoms with Crippen LogP contribution in [0.4, 0.5) is 0 Å². The summed E-state index contributed by atoms with van der Waals surface area (Å²) in [6.07, 6.45) is 9.98. The summed E-state index contributed by atoms with van der Waals surface area (Å²) in [5.74, 6) is 1.91. The van der Waals surface area contributed by atoms with E-state index in [4.69, 9.17) is 20.0 Å². The number of rotatable bonds is 4. The lowest BCUT2D eigenvalue weighted by atomic mass is 9.81. The molecule has 4 heteroatoms. The van der Waals surface area contributed by atoms with E-state index in [1.807, 2.05) is 48.5 Å². The van der Waals surface area contributed by atoms with Crippen LogP contribution < -0.4 is 9.47 Å². The van der Waals surface area contributed by atoms with Gasteiger partial charge in [0.25, 0.3) is 12.5 Å². The van der Waals surface area contributed by atoms with Crippen molar-refractivity contribution in [2.45, 2.75) is 24.7 Å². The topological polar surface area (TPSA) is 66.0 Å². The molecule has 2 aromatic rings. The van der Waals surface area contributed by atoms with E-state index in [1.165, 1.54) is 11.1 Å². The van der Waals surface area contributed by atoms with E-state index in [0.717, 1.165) is 12.8 Å². The zero-order valence-electron chi connectivity index (χ0n) is 13.1. The highest BCUT2D eigenvalue weighted by Gasteiger charge is 2.18. The minimum Gasteiger partial charge on any atom is -0.388 e. The molecule has 0 radical (unpaired) electrons. The lowest BCUT2D eigenvalue weighted by Gasteiger charge is -2.23. The third-order valence-corrected chi connectivity index (χ3v) is 4.31. The number of benzene rings is 2. The SMILES string of the molecule is N#COc1ccc(C2C=CC(c3ccc(OC#N)cc3)CC2)cc1. The van der Waals surface area contributed by atoms with Crippen molar-refractivity contribution in [3.8, 4) is 24.0 Å². The minimum atomic E-state index is 0.388. The molecule has 0 bridgehead atoms. The van der Waals surface area contributed by atoms with Gasteiger partial charge in [0.1, 0.15) is 11.5 Å². The highest BCUT2D eigenvalue weighted by Crippen LogP contribution is 2.36. The molecule has 1 aliphatic carbocycles. The van der Waals surface area contributed by atoms with E-state index in [-0.39, 0.29) is 0 Å². The van der Waals surface area contributed by atoms with Gasteiger partial charge in [-0.1, -0.05) is 36.4 Å². The third-order valence-electron chi connectivity index (χ3n) is 4.31. The van der Waals surface area contributed by atoms with Crippen molar-refractivity contribution in [2.24, 2.45) is 0 Å². The molecule has 0 spiro atoms. The van der Waals surface area contributed by atoms with Gasteiger partial charge in [-0.3, -0.25) is 0 Å². The van der Waals surface area contributed by atoms with Gasteiger partial charge >= 0.3 is 0 Å². The van der Waals surface area contributed by atoms with Crippen LogP contribution in [0.15, 0.2) is 60.7 Å². The van der Waals surface area contributed by atoms with Crippen molar-refractivity contribution >= 4 is 0 Å². The van der Waals surface area contributed by atoms with E-state index in [2.05, 4.69) is 12.2 Å². The molecular weight excluding hydrogens is 300 g/mol. The number of nitrogens with zero attached hydrogens (tertiary/aromatic N) is 2. The maximum Gasteiger partial charge on any atom is 0.292 e. The molecule has 1 aliphatic rings. The fourth-order valence-electron chi connectivity index (χ4n) is 3.05. The van der Waals surface area contributed by atoms with Crippen LogP contribution in [-0.4, -0.2) is 0 Å². The molecule has 4 nitrogen and oxygen atoms in total. The van der Waals surface area contributed by atoms with E-state index >= 15 is 0 Å². The summed E-state index contributed by atoms with van der Waals surface area (Å²) in [5, 5.41) is 17.0. The summed E-state index contributed by atoms with van der Waals surface area (Å²) in [7, 11) is 0. The Bertz CT molecular complexity index is 726. The van der Waals surface area contributed by atoms with Crippen molar-refractivity contribution < 1.29 is 9.47 Å². The highest BCUT2D eigenvalue weighted by atomic mass is 16.5. The van der Waals surface area contributed by atoms with Crippen LogP contribution in [0.2, 0.25) is 0 Å². The van der Waals surface area contributed by atoms with Crippen LogP contribution in [0, 0.1) is 23.0 Å². The standard InChI is InChI=1S/C20H16N2O2/c21-13-23-19-9-5-17(6-10-19)15-1-2-16(4-3-15)18-7-11-20(12-8-18)24-14-22/h1-2,5-12,15-16H,3-4H2. The van der Waals surface area contributed by atoms with Crippen LogP contribution in [0.3, 0.4) is 0 Å². The van der Waals surface area contributed by atoms with Gasteiger partial charge in [-0.2, -0.15) is 0 Å². The van der Waals surface area contributed by atoms with Crippen molar-refractivity contribution in [1.29, 1.82) is 10.5 Å².